The van der Waals surface area contributed by atoms with E-state index in [0.29, 0.717) is 5.57 Å². The fourth-order valence-electron chi connectivity index (χ4n) is 1.68. The van der Waals surface area contributed by atoms with Crippen molar-refractivity contribution >= 4 is 21.8 Å². The van der Waals surface area contributed by atoms with E-state index in [-0.39, 0.29) is 21.9 Å². The van der Waals surface area contributed by atoms with E-state index in [0.717, 1.165) is 6.21 Å². The molecule has 1 aliphatic carbocycles. The minimum Gasteiger partial charge on any atom is -0.308 e. The number of benzene rings is 1. The van der Waals surface area contributed by atoms with Gasteiger partial charge in [0.05, 0.1) is 15.5 Å². The molecule has 1 aromatic rings. The molecule has 0 fully saturated rings. The van der Waals surface area contributed by atoms with Gasteiger partial charge >= 0.3 is 0 Å². The molecule has 0 saturated heterocycles. The lowest BCUT2D eigenvalue weighted by molar-refractivity contribution is 0.603. The zero-order chi connectivity index (χ0) is 13.2. The molecular formula is C13H12N2O2S. The molecule has 0 unspecified atom stereocenters. The van der Waals surface area contributed by atoms with Crippen LogP contribution in [-0.2, 0) is 9.84 Å². The quantitative estimate of drug-likeness (QED) is 0.818. The monoisotopic (exact) mass is 260 g/mol. The second-order valence-electron chi connectivity index (χ2n) is 3.86. The SMILES string of the molecule is N=CC1=CCC(=N)C(S(=O)(=O)c2ccccc2)=C1. The molecule has 0 spiro atoms. The summed E-state index contributed by atoms with van der Waals surface area (Å²) in [6, 6.07) is 8.04. The molecule has 0 amide bonds. The molecule has 0 saturated carbocycles. The predicted octanol–water partition coefficient (Wildman–Crippen LogP) is 2.34. The van der Waals surface area contributed by atoms with Crippen LogP contribution in [0.2, 0.25) is 0 Å². The third-order valence-electron chi connectivity index (χ3n) is 2.65. The molecule has 0 bridgehead atoms. The number of rotatable bonds is 3. The van der Waals surface area contributed by atoms with E-state index in [2.05, 4.69) is 0 Å². The number of nitrogens with one attached hydrogen (secondary N) is 2. The molecule has 18 heavy (non-hydrogen) atoms. The number of sulfone groups is 1. The van der Waals surface area contributed by atoms with Crippen molar-refractivity contribution < 1.29 is 8.42 Å². The van der Waals surface area contributed by atoms with Crippen molar-refractivity contribution in [3.63, 3.8) is 0 Å². The van der Waals surface area contributed by atoms with E-state index in [1.54, 1.807) is 24.3 Å². The summed E-state index contributed by atoms with van der Waals surface area (Å²) in [6.07, 6.45) is 4.37. The van der Waals surface area contributed by atoms with Gasteiger partial charge in [0.15, 0.2) is 0 Å². The maximum atomic E-state index is 12.3. The van der Waals surface area contributed by atoms with Crippen LogP contribution in [0.5, 0.6) is 0 Å². The van der Waals surface area contributed by atoms with E-state index in [4.69, 9.17) is 10.8 Å². The molecule has 0 aliphatic heterocycles. The van der Waals surface area contributed by atoms with Crippen molar-refractivity contribution in [3.05, 3.63) is 53.0 Å². The fraction of sp³-hybridized carbons (Fsp3) is 0.0769. The van der Waals surface area contributed by atoms with E-state index >= 15 is 0 Å². The molecule has 0 heterocycles. The Kier molecular flexibility index (Phi) is 3.25. The van der Waals surface area contributed by atoms with Crippen LogP contribution in [0.15, 0.2) is 57.9 Å². The van der Waals surface area contributed by atoms with E-state index in [1.165, 1.54) is 18.2 Å². The van der Waals surface area contributed by atoms with E-state index < -0.39 is 9.84 Å². The highest BCUT2D eigenvalue weighted by Crippen LogP contribution is 2.25. The van der Waals surface area contributed by atoms with Crippen molar-refractivity contribution in [3.8, 4) is 0 Å². The zero-order valence-electron chi connectivity index (χ0n) is 9.55. The van der Waals surface area contributed by atoms with Crippen molar-refractivity contribution in [2.75, 3.05) is 0 Å². The van der Waals surface area contributed by atoms with E-state index in [9.17, 15) is 8.42 Å². The predicted molar refractivity (Wildman–Crippen MR) is 70.9 cm³/mol. The highest BCUT2D eigenvalue weighted by atomic mass is 32.2. The molecule has 1 aromatic carbocycles. The average Bonchev–Trinajstić information content (AvgIpc) is 2.40. The highest BCUT2D eigenvalue weighted by Gasteiger charge is 2.25. The number of hydrogen-bond acceptors (Lipinski definition) is 4. The van der Waals surface area contributed by atoms with Crippen LogP contribution in [0.4, 0.5) is 0 Å². The van der Waals surface area contributed by atoms with Crippen molar-refractivity contribution in [2.45, 2.75) is 11.3 Å². The summed E-state index contributed by atoms with van der Waals surface area (Å²) >= 11 is 0. The van der Waals surface area contributed by atoms with Crippen molar-refractivity contribution in [2.24, 2.45) is 0 Å². The molecule has 2 N–H and O–H groups in total. The number of allylic oxidation sites excluding steroid dienone is 4. The Labute approximate surface area is 106 Å². The molecule has 5 heteroatoms. The summed E-state index contributed by atoms with van der Waals surface area (Å²) < 4.78 is 24.7. The van der Waals surface area contributed by atoms with E-state index in [1.807, 2.05) is 0 Å². The summed E-state index contributed by atoms with van der Waals surface area (Å²) in [7, 11) is -3.66. The van der Waals surface area contributed by atoms with Crippen LogP contribution in [0.3, 0.4) is 0 Å². The van der Waals surface area contributed by atoms with Gasteiger partial charge in [0.1, 0.15) is 0 Å². The van der Waals surface area contributed by atoms with Crippen LogP contribution >= 0.6 is 0 Å². The minimum atomic E-state index is -3.66. The first kappa shape index (κ1) is 12.4. The summed E-state index contributed by atoms with van der Waals surface area (Å²) in [5.74, 6) is 0. The number of hydrogen-bond donors (Lipinski definition) is 2. The zero-order valence-corrected chi connectivity index (χ0v) is 10.4. The normalized spacial score (nSPS) is 15.9. The van der Waals surface area contributed by atoms with Crippen LogP contribution in [-0.4, -0.2) is 20.3 Å². The Bertz CT molecular complexity index is 655. The van der Waals surface area contributed by atoms with Gasteiger partial charge in [-0.05, 0) is 23.8 Å². The first-order valence-electron chi connectivity index (χ1n) is 5.36. The first-order chi connectivity index (χ1) is 8.55. The lowest BCUT2D eigenvalue weighted by Crippen LogP contribution is -2.16. The maximum Gasteiger partial charge on any atom is 0.208 e. The van der Waals surface area contributed by atoms with Crippen molar-refractivity contribution in [1.82, 2.24) is 0 Å². The lowest BCUT2D eigenvalue weighted by Gasteiger charge is -2.13. The third-order valence-corrected chi connectivity index (χ3v) is 4.48. The first-order valence-corrected chi connectivity index (χ1v) is 6.84. The molecule has 4 nitrogen and oxygen atoms in total. The third kappa shape index (κ3) is 2.17. The van der Waals surface area contributed by atoms with Gasteiger partial charge in [-0.15, -0.1) is 0 Å². The fourth-order valence-corrected chi connectivity index (χ4v) is 3.15. The van der Waals surface area contributed by atoms with Crippen LogP contribution in [0.1, 0.15) is 6.42 Å². The van der Waals surface area contributed by atoms with Gasteiger partial charge in [-0.2, -0.15) is 0 Å². The highest BCUT2D eigenvalue weighted by molar-refractivity contribution is 7.96. The van der Waals surface area contributed by atoms with Gasteiger partial charge in [0, 0.05) is 12.6 Å². The average molecular weight is 260 g/mol. The van der Waals surface area contributed by atoms with Crippen LogP contribution < -0.4 is 0 Å². The Morgan fingerprint density at radius 3 is 2.44 bits per heavy atom. The maximum absolute atomic E-state index is 12.3. The minimum absolute atomic E-state index is 0.0188. The molecule has 0 radical (unpaired) electrons. The molecule has 2 rings (SSSR count). The van der Waals surface area contributed by atoms with Crippen LogP contribution in [0.25, 0.3) is 0 Å². The molecule has 0 atom stereocenters. The second kappa shape index (κ2) is 4.70. The standard InChI is InChI=1S/C13H12N2O2S/c14-9-10-6-7-12(15)13(8-10)18(16,17)11-4-2-1-3-5-11/h1-6,8-9,14-15H,7H2. The molecule has 0 aromatic heterocycles. The molecule has 1 aliphatic rings. The Morgan fingerprint density at radius 1 is 1.17 bits per heavy atom. The summed E-state index contributed by atoms with van der Waals surface area (Å²) in [5, 5.41) is 14.9. The van der Waals surface area contributed by atoms with Gasteiger partial charge in [-0.3, -0.25) is 0 Å². The second-order valence-corrected chi connectivity index (χ2v) is 5.77. The Morgan fingerprint density at radius 2 is 1.83 bits per heavy atom. The van der Waals surface area contributed by atoms with Gasteiger partial charge in [-0.1, -0.05) is 24.3 Å². The van der Waals surface area contributed by atoms with Gasteiger partial charge < -0.3 is 10.8 Å². The van der Waals surface area contributed by atoms with Gasteiger partial charge in [-0.25, -0.2) is 8.42 Å². The lowest BCUT2D eigenvalue weighted by atomic mass is 10.1. The van der Waals surface area contributed by atoms with Crippen LogP contribution in [0, 0.1) is 10.8 Å². The Balaban J connectivity index is 2.54. The van der Waals surface area contributed by atoms with Crippen molar-refractivity contribution in [1.29, 1.82) is 10.8 Å². The molecule has 92 valence electrons. The Hall–Kier alpha value is -2.01. The smallest absolute Gasteiger partial charge is 0.208 e. The topological polar surface area (TPSA) is 81.8 Å². The summed E-state index contributed by atoms with van der Waals surface area (Å²) in [6.45, 7) is 0. The van der Waals surface area contributed by atoms with Gasteiger partial charge in [0.25, 0.3) is 0 Å². The van der Waals surface area contributed by atoms with Gasteiger partial charge in [0.2, 0.25) is 9.84 Å². The largest absolute Gasteiger partial charge is 0.308 e. The summed E-state index contributed by atoms with van der Waals surface area (Å²) in [4.78, 5) is 0.155. The molecular weight excluding hydrogens is 248 g/mol. The summed E-state index contributed by atoms with van der Waals surface area (Å²) in [5.41, 5.74) is 0.574.